The first-order valence-electron chi connectivity index (χ1n) is 10.5. The summed E-state index contributed by atoms with van der Waals surface area (Å²) in [6.45, 7) is 0. The number of ether oxygens (including phenoxy) is 2. The maximum absolute atomic E-state index is 13.1. The van der Waals surface area contributed by atoms with Crippen LogP contribution in [0.2, 0.25) is 5.02 Å². The molecule has 3 rings (SSSR count). The van der Waals surface area contributed by atoms with Crippen molar-refractivity contribution < 1.29 is 37.0 Å². The molecule has 0 spiro atoms. The number of carbonyl (C=O) groups excluding carboxylic acids is 3. The minimum Gasteiger partial charge on any atom is -0.497 e. The van der Waals surface area contributed by atoms with Gasteiger partial charge < -0.3 is 20.1 Å². The number of esters is 1. The van der Waals surface area contributed by atoms with Crippen LogP contribution in [0.15, 0.2) is 53.1 Å². The summed E-state index contributed by atoms with van der Waals surface area (Å²) in [5.41, 5.74) is -0.758. The predicted octanol–water partition coefficient (Wildman–Crippen LogP) is 4.48. The lowest BCUT2D eigenvalue weighted by Gasteiger charge is -2.31. The van der Waals surface area contributed by atoms with Gasteiger partial charge in [-0.15, -0.1) is 0 Å². The van der Waals surface area contributed by atoms with E-state index in [1.54, 1.807) is 24.3 Å². The average Bonchev–Trinajstić information content (AvgIpc) is 2.87. The fourth-order valence-electron chi connectivity index (χ4n) is 3.65. The Balaban J connectivity index is 1.87. The molecule has 1 aliphatic heterocycles. The smallest absolute Gasteiger partial charge is 0.417 e. The number of methoxy groups -OCH3 is 2. The minimum absolute atomic E-state index is 0.0174. The van der Waals surface area contributed by atoms with Gasteiger partial charge in [-0.2, -0.15) is 18.4 Å². The van der Waals surface area contributed by atoms with E-state index in [0.29, 0.717) is 17.4 Å². The first-order chi connectivity index (χ1) is 17.5. The van der Waals surface area contributed by atoms with Gasteiger partial charge in [0.25, 0.3) is 0 Å². The van der Waals surface area contributed by atoms with Crippen LogP contribution in [0, 0.1) is 17.2 Å². The average molecular weight is 554 g/mol. The highest BCUT2D eigenvalue weighted by Crippen LogP contribution is 2.41. The molecule has 0 aromatic heterocycles. The van der Waals surface area contributed by atoms with E-state index in [-0.39, 0.29) is 22.0 Å². The number of hydrogen-bond acceptors (Lipinski definition) is 7. The number of benzene rings is 2. The van der Waals surface area contributed by atoms with Crippen LogP contribution in [-0.4, -0.2) is 37.8 Å². The molecule has 2 N–H and O–H groups in total. The molecular weight excluding hydrogens is 535 g/mol. The van der Waals surface area contributed by atoms with Gasteiger partial charge >= 0.3 is 12.1 Å². The predicted molar refractivity (Wildman–Crippen MR) is 130 cm³/mol. The van der Waals surface area contributed by atoms with Crippen LogP contribution in [0.3, 0.4) is 0 Å². The molecule has 2 atom stereocenters. The molecule has 13 heteroatoms. The summed E-state index contributed by atoms with van der Waals surface area (Å²) < 4.78 is 49.2. The van der Waals surface area contributed by atoms with E-state index >= 15 is 0 Å². The SMILES string of the molecule is COC(=O)[C@@H]1C(=O)NC(SCC(=O)Nc2ccc(Cl)c(C(F)(F)F)c2)=C(C#N)[C@@H]1c1ccc(OC)cc1. The molecule has 1 aliphatic rings. The highest BCUT2D eigenvalue weighted by Gasteiger charge is 2.44. The molecule has 0 bridgehead atoms. The van der Waals surface area contributed by atoms with E-state index in [0.717, 1.165) is 24.9 Å². The lowest BCUT2D eigenvalue weighted by Crippen LogP contribution is -2.44. The summed E-state index contributed by atoms with van der Waals surface area (Å²) in [4.78, 5) is 37.8. The Kier molecular flexibility index (Phi) is 8.73. The van der Waals surface area contributed by atoms with Crippen molar-refractivity contribution in [2.24, 2.45) is 5.92 Å². The van der Waals surface area contributed by atoms with Crippen molar-refractivity contribution >= 4 is 46.8 Å². The normalized spacial score (nSPS) is 17.5. The maximum Gasteiger partial charge on any atom is 0.417 e. The van der Waals surface area contributed by atoms with Gasteiger partial charge in [-0.3, -0.25) is 14.4 Å². The van der Waals surface area contributed by atoms with Gasteiger partial charge in [0.2, 0.25) is 11.8 Å². The number of carbonyl (C=O) groups is 3. The first kappa shape index (κ1) is 27.9. The fraction of sp³-hybridized carbons (Fsp3) is 0.250. The summed E-state index contributed by atoms with van der Waals surface area (Å²) in [5, 5.41) is 14.2. The van der Waals surface area contributed by atoms with Crippen molar-refractivity contribution in [1.29, 1.82) is 5.26 Å². The second-order valence-electron chi connectivity index (χ2n) is 7.62. The number of amides is 2. The summed E-state index contributed by atoms with van der Waals surface area (Å²) in [7, 11) is 2.58. The second-order valence-corrected chi connectivity index (χ2v) is 9.02. The molecule has 2 aromatic rings. The molecule has 0 aliphatic carbocycles. The number of allylic oxidation sites excluding steroid dienone is 1. The zero-order valence-electron chi connectivity index (χ0n) is 19.3. The van der Waals surface area contributed by atoms with Crippen LogP contribution >= 0.6 is 23.4 Å². The number of rotatable bonds is 7. The van der Waals surface area contributed by atoms with E-state index in [4.69, 9.17) is 21.1 Å². The topological polar surface area (TPSA) is 118 Å². The van der Waals surface area contributed by atoms with Gasteiger partial charge in [0.15, 0.2) is 0 Å². The zero-order valence-corrected chi connectivity index (χ0v) is 20.9. The van der Waals surface area contributed by atoms with E-state index in [1.165, 1.54) is 13.2 Å². The van der Waals surface area contributed by atoms with Crippen LogP contribution in [0.25, 0.3) is 0 Å². The highest BCUT2D eigenvalue weighted by atomic mass is 35.5. The van der Waals surface area contributed by atoms with Gasteiger partial charge in [0.05, 0.1) is 47.2 Å². The zero-order chi connectivity index (χ0) is 27.3. The van der Waals surface area contributed by atoms with Crippen LogP contribution in [-0.2, 0) is 25.3 Å². The van der Waals surface area contributed by atoms with Crippen LogP contribution in [0.4, 0.5) is 18.9 Å². The monoisotopic (exact) mass is 553 g/mol. The Morgan fingerprint density at radius 1 is 1.19 bits per heavy atom. The summed E-state index contributed by atoms with van der Waals surface area (Å²) >= 11 is 6.39. The molecule has 1 heterocycles. The lowest BCUT2D eigenvalue weighted by molar-refractivity contribution is -0.150. The quantitative estimate of drug-likeness (QED) is 0.383. The molecular formula is C24H19ClF3N3O5S. The Labute approximate surface area is 218 Å². The van der Waals surface area contributed by atoms with E-state index < -0.39 is 46.4 Å². The Hall–Kier alpha value is -3.69. The molecule has 8 nitrogen and oxygen atoms in total. The number of alkyl halides is 3. The molecule has 0 fully saturated rings. The Morgan fingerprint density at radius 3 is 2.43 bits per heavy atom. The molecule has 0 radical (unpaired) electrons. The fourth-order valence-corrected chi connectivity index (χ4v) is 4.72. The van der Waals surface area contributed by atoms with Crippen molar-refractivity contribution in [3.63, 3.8) is 0 Å². The second kappa shape index (κ2) is 11.6. The largest absolute Gasteiger partial charge is 0.497 e. The standard InChI is InChI=1S/C24H19ClF3N3O5S/c1-35-14-6-3-12(4-7-14)19-15(10-29)22(31-21(33)20(19)23(34)36-2)37-11-18(32)30-13-5-8-17(25)16(9-13)24(26,27)28/h3-9,19-20H,11H2,1-2H3,(H,30,32)(H,31,33)/t19-,20-/m0/s1. The number of hydrogen-bond donors (Lipinski definition) is 2. The van der Waals surface area contributed by atoms with Crippen LogP contribution in [0.1, 0.15) is 17.0 Å². The summed E-state index contributed by atoms with van der Waals surface area (Å²) in [5.74, 6) is -4.49. The van der Waals surface area contributed by atoms with Gasteiger partial charge in [0.1, 0.15) is 11.7 Å². The summed E-state index contributed by atoms with van der Waals surface area (Å²) in [6.07, 6.45) is -4.71. The number of nitriles is 1. The van der Waals surface area contributed by atoms with Crippen molar-refractivity contribution in [2.45, 2.75) is 12.1 Å². The van der Waals surface area contributed by atoms with Gasteiger partial charge in [-0.25, -0.2) is 0 Å². The third kappa shape index (κ3) is 6.36. The third-order valence-corrected chi connectivity index (χ3v) is 6.71. The number of nitrogens with zero attached hydrogens (tertiary/aromatic N) is 1. The van der Waals surface area contributed by atoms with E-state index in [1.807, 2.05) is 6.07 Å². The van der Waals surface area contributed by atoms with Crippen LogP contribution < -0.4 is 15.4 Å². The van der Waals surface area contributed by atoms with Crippen molar-refractivity contribution in [3.05, 3.63) is 69.2 Å². The van der Waals surface area contributed by atoms with E-state index in [9.17, 15) is 32.8 Å². The number of nitrogens with one attached hydrogen (secondary N) is 2. The summed E-state index contributed by atoms with van der Waals surface area (Å²) in [6, 6.07) is 11.3. The molecule has 2 aromatic carbocycles. The maximum atomic E-state index is 13.1. The molecule has 2 amide bonds. The highest BCUT2D eigenvalue weighted by molar-refractivity contribution is 8.03. The van der Waals surface area contributed by atoms with Crippen molar-refractivity contribution in [3.8, 4) is 11.8 Å². The molecule has 0 saturated carbocycles. The molecule has 37 heavy (non-hydrogen) atoms. The molecule has 0 unspecified atom stereocenters. The van der Waals surface area contributed by atoms with Gasteiger partial charge in [0, 0.05) is 11.6 Å². The Morgan fingerprint density at radius 2 is 1.86 bits per heavy atom. The molecule has 194 valence electrons. The van der Waals surface area contributed by atoms with E-state index in [2.05, 4.69) is 10.6 Å². The molecule has 0 saturated heterocycles. The number of anilines is 1. The minimum atomic E-state index is -4.71. The number of thioether (sulfide) groups is 1. The Bertz CT molecular complexity index is 1290. The third-order valence-electron chi connectivity index (χ3n) is 5.36. The van der Waals surface area contributed by atoms with Gasteiger partial charge in [-0.1, -0.05) is 35.5 Å². The van der Waals surface area contributed by atoms with Crippen LogP contribution in [0.5, 0.6) is 5.75 Å². The van der Waals surface area contributed by atoms with Gasteiger partial charge in [-0.05, 0) is 35.9 Å². The van der Waals surface area contributed by atoms with Crippen molar-refractivity contribution in [2.75, 3.05) is 25.3 Å². The first-order valence-corrected chi connectivity index (χ1v) is 11.8. The number of halogens is 4. The van der Waals surface area contributed by atoms with Crippen molar-refractivity contribution in [1.82, 2.24) is 5.32 Å². The lowest BCUT2D eigenvalue weighted by atomic mass is 9.78.